The van der Waals surface area contributed by atoms with E-state index in [9.17, 15) is 29.5 Å². The Morgan fingerprint density at radius 1 is 0.741 bits per heavy atom. The Hall–Kier alpha value is -1.59. The molecule has 0 spiro atoms. The maximum absolute atomic E-state index is 12.5. The third-order valence-electron chi connectivity index (χ3n) is 10.3. The van der Waals surface area contributed by atoms with Crippen molar-refractivity contribution in [2.75, 3.05) is 13.2 Å². The Kier molecular flexibility index (Phi) is 29.4. The van der Waals surface area contributed by atoms with Gasteiger partial charge in [0.15, 0.2) is 6.10 Å². The maximum Gasteiger partial charge on any atom is 0.469 e. The molecule has 0 radical (unpaired) electrons. The summed E-state index contributed by atoms with van der Waals surface area (Å²) in [5.41, 5.74) is 0. The Morgan fingerprint density at radius 3 is 1.85 bits per heavy atom. The second kappa shape index (κ2) is 31.5. The molecule has 1 fully saturated rings. The van der Waals surface area contributed by atoms with E-state index in [0.29, 0.717) is 19.3 Å². The third-order valence-corrected chi connectivity index (χ3v) is 10.7. The predicted molar refractivity (Wildman–Crippen MR) is 213 cm³/mol. The number of hydrogen-bond donors (Lipinski definition) is 5. The van der Waals surface area contributed by atoms with Crippen LogP contribution >= 0.6 is 7.82 Å². The standard InChI is InChI=1S/C42H77O11P/c1-4-5-19-25-35(43)29-30-38-37(39(44)31-40(38)45)26-22-23-28-42(47)53-36(33-52-54(48,49)50)32-51-41(46)27-21-18-16-14-12-10-8-6-7-9-11-13-15-17-20-24-34(2)3/h22-23,29-30,34-40,43-45H,4-21,24-28,31-33H2,1-3H3,(H2,48,49,50)/b23-22-,30-29+/t35-,36-,37+,38-,39+,40-/m1/s1. The monoisotopic (exact) mass is 789 g/mol. The van der Waals surface area contributed by atoms with Crippen LogP contribution in [0, 0.1) is 17.8 Å². The van der Waals surface area contributed by atoms with Gasteiger partial charge in [-0.3, -0.25) is 14.1 Å². The number of esters is 2. The van der Waals surface area contributed by atoms with Gasteiger partial charge in [-0.15, -0.1) is 0 Å². The second-order valence-corrected chi connectivity index (χ2v) is 17.0. The molecule has 1 aliphatic carbocycles. The molecule has 11 nitrogen and oxygen atoms in total. The van der Waals surface area contributed by atoms with Crippen LogP contribution in [0.1, 0.15) is 175 Å². The summed E-state index contributed by atoms with van der Waals surface area (Å²) in [5, 5.41) is 31.2. The van der Waals surface area contributed by atoms with Crippen LogP contribution in [-0.2, 0) is 28.2 Å². The van der Waals surface area contributed by atoms with Crippen molar-refractivity contribution < 1.29 is 53.3 Å². The van der Waals surface area contributed by atoms with Crippen molar-refractivity contribution >= 4 is 19.8 Å². The van der Waals surface area contributed by atoms with Crippen molar-refractivity contribution in [2.24, 2.45) is 17.8 Å². The smallest absolute Gasteiger partial charge is 0.462 e. The first-order valence-corrected chi connectivity index (χ1v) is 22.8. The van der Waals surface area contributed by atoms with Gasteiger partial charge in [-0.2, -0.15) is 0 Å². The molecule has 0 unspecified atom stereocenters. The number of aliphatic hydroxyl groups is 3. The highest BCUT2D eigenvalue weighted by Gasteiger charge is 2.39. The van der Waals surface area contributed by atoms with Crippen LogP contribution in [0.5, 0.6) is 0 Å². The van der Waals surface area contributed by atoms with E-state index in [0.717, 1.165) is 44.4 Å². The van der Waals surface area contributed by atoms with Gasteiger partial charge in [-0.05, 0) is 31.1 Å². The zero-order valence-corrected chi connectivity index (χ0v) is 34.8. The van der Waals surface area contributed by atoms with Gasteiger partial charge in [0.25, 0.3) is 0 Å². The lowest BCUT2D eigenvalue weighted by atomic mass is 9.89. The van der Waals surface area contributed by atoms with Crippen LogP contribution in [0.15, 0.2) is 24.3 Å². The van der Waals surface area contributed by atoms with Gasteiger partial charge in [0.2, 0.25) is 0 Å². The van der Waals surface area contributed by atoms with Gasteiger partial charge in [0.05, 0.1) is 31.3 Å². The van der Waals surface area contributed by atoms with E-state index >= 15 is 0 Å². The predicted octanol–water partition coefficient (Wildman–Crippen LogP) is 9.03. The molecule has 0 aliphatic heterocycles. The lowest BCUT2D eigenvalue weighted by Crippen LogP contribution is -2.29. The molecule has 1 aliphatic rings. The van der Waals surface area contributed by atoms with Crippen molar-refractivity contribution in [1.29, 1.82) is 0 Å². The van der Waals surface area contributed by atoms with Gasteiger partial charge >= 0.3 is 19.8 Å². The fraction of sp³-hybridized carbons (Fsp3) is 0.857. The number of allylic oxidation sites excluding steroid dienone is 1. The van der Waals surface area contributed by atoms with Crippen LogP contribution in [0.3, 0.4) is 0 Å². The minimum atomic E-state index is -4.85. The van der Waals surface area contributed by atoms with E-state index in [4.69, 9.17) is 19.3 Å². The number of hydrogen-bond acceptors (Lipinski definition) is 9. The summed E-state index contributed by atoms with van der Waals surface area (Å²) in [4.78, 5) is 43.1. The summed E-state index contributed by atoms with van der Waals surface area (Å²) in [7, 11) is -4.85. The summed E-state index contributed by atoms with van der Waals surface area (Å²) >= 11 is 0. The van der Waals surface area contributed by atoms with Crippen LogP contribution < -0.4 is 0 Å². The first-order chi connectivity index (χ1) is 25.8. The van der Waals surface area contributed by atoms with Crippen molar-refractivity contribution in [3.8, 4) is 0 Å². The van der Waals surface area contributed by atoms with E-state index in [1.54, 1.807) is 24.3 Å². The molecule has 0 heterocycles. The quantitative estimate of drug-likeness (QED) is 0.0182. The Morgan fingerprint density at radius 2 is 1.30 bits per heavy atom. The molecular formula is C42H77O11P. The van der Waals surface area contributed by atoms with E-state index in [-0.39, 0.29) is 31.1 Å². The molecule has 6 atom stereocenters. The van der Waals surface area contributed by atoms with Crippen LogP contribution in [0.2, 0.25) is 0 Å². The highest BCUT2D eigenvalue weighted by molar-refractivity contribution is 7.46. The lowest BCUT2D eigenvalue weighted by molar-refractivity contribution is -0.160. The third kappa shape index (κ3) is 27.9. The normalized spacial score (nSPS) is 20.3. The fourth-order valence-electron chi connectivity index (χ4n) is 7.00. The van der Waals surface area contributed by atoms with Crippen molar-refractivity contribution in [1.82, 2.24) is 0 Å². The van der Waals surface area contributed by atoms with Crippen LogP contribution in [-0.4, -0.2) is 74.7 Å². The molecule has 5 N–H and O–H groups in total. The maximum atomic E-state index is 12.5. The number of unbranched alkanes of at least 4 members (excludes halogenated alkanes) is 16. The summed E-state index contributed by atoms with van der Waals surface area (Å²) in [6.07, 6.45) is 27.5. The van der Waals surface area contributed by atoms with E-state index in [2.05, 4.69) is 25.3 Å². The average Bonchev–Trinajstić information content (AvgIpc) is 3.38. The molecule has 0 aromatic rings. The Balaban J connectivity index is 2.29. The van der Waals surface area contributed by atoms with Crippen LogP contribution in [0.25, 0.3) is 0 Å². The molecule has 1 rings (SSSR count). The average molecular weight is 789 g/mol. The molecule has 1 saturated carbocycles. The van der Waals surface area contributed by atoms with Gasteiger partial charge in [0.1, 0.15) is 6.61 Å². The first-order valence-electron chi connectivity index (χ1n) is 21.2. The number of phosphoric acid groups is 1. The number of carbonyl (C=O) groups excluding carboxylic acids is 2. The van der Waals surface area contributed by atoms with Crippen molar-refractivity contribution in [3.05, 3.63) is 24.3 Å². The topological polar surface area (TPSA) is 180 Å². The van der Waals surface area contributed by atoms with Crippen molar-refractivity contribution in [3.63, 3.8) is 0 Å². The lowest BCUT2D eigenvalue weighted by Gasteiger charge is -2.20. The Bertz CT molecular complexity index is 1060. The number of phosphoric ester groups is 1. The van der Waals surface area contributed by atoms with E-state index in [1.165, 1.54) is 77.0 Å². The largest absolute Gasteiger partial charge is 0.469 e. The van der Waals surface area contributed by atoms with Gasteiger partial charge in [-0.1, -0.05) is 161 Å². The number of carbonyl (C=O) groups is 2. The van der Waals surface area contributed by atoms with Gasteiger partial charge in [-0.25, -0.2) is 4.57 Å². The molecular weight excluding hydrogens is 711 g/mol. The minimum Gasteiger partial charge on any atom is -0.462 e. The van der Waals surface area contributed by atoms with E-state index < -0.39 is 57.4 Å². The number of aliphatic hydroxyl groups excluding tert-OH is 3. The zero-order chi connectivity index (χ0) is 40.0. The number of rotatable bonds is 34. The summed E-state index contributed by atoms with van der Waals surface area (Å²) in [5.74, 6) is -0.988. The summed E-state index contributed by atoms with van der Waals surface area (Å²) in [6, 6.07) is 0. The summed E-state index contributed by atoms with van der Waals surface area (Å²) < 4.78 is 26.3. The first kappa shape index (κ1) is 50.4. The molecule has 12 heteroatoms. The molecule has 0 saturated heterocycles. The highest BCUT2D eigenvalue weighted by Crippen LogP contribution is 2.37. The minimum absolute atomic E-state index is 0.166. The SMILES string of the molecule is CCCCC[C@@H](O)/C=C/[C@@H]1[C@H](C/C=C\CC(=O)O[C@H](COC(=O)CCCCCCCCCCCCCCCCCC(C)C)COP(=O)(O)O)[C@@H](O)C[C@H]1O. The van der Waals surface area contributed by atoms with Crippen LogP contribution in [0.4, 0.5) is 0 Å². The fourth-order valence-corrected chi connectivity index (χ4v) is 7.36. The molecule has 0 aromatic carbocycles. The van der Waals surface area contributed by atoms with Crippen molar-refractivity contribution in [2.45, 2.75) is 199 Å². The van der Waals surface area contributed by atoms with Gasteiger partial charge < -0.3 is 34.6 Å². The molecule has 0 amide bonds. The molecule has 0 aromatic heterocycles. The molecule has 0 bridgehead atoms. The molecule has 54 heavy (non-hydrogen) atoms. The Labute approximate surface area is 327 Å². The summed E-state index contributed by atoms with van der Waals surface area (Å²) in [6.45, 7) is 5.65. The zero-order valence-electron chi connectivity index (χ0n) is 33.9. The number of ether oxygens (including phenoxy) is 2. The van der Waals surface area contributed by atoms with E-state index in [1.807, 2.05) is 0 Å². The highest BCUT2D eigenvalue weighted by atomic mass is 31.2. The van der Waals surface area contributed by atoms with Gasteiger partial charge in [0, 0.05) is 18.8 Å². The second-order valence-electron chi connectivity index (χ2n) is 15.8. The molecule has 316 valence electrons.